The summed E-state index contributed by atoms with van der Waals surface area (Å²) in [4.78, 5) is 69.9. The Kier molecular flexibility index (Phi) is 51.3. The van der Waals surface area contributed by atoms with Gasteiger partial charge in [-0.2, -0.15) is 0 Å². The average Bonchev–Trinajstić information content (AvgIpc) is 0.849. The number of halogens is 9. The molecule has 0 saturated carbocycles. The number of unbranched alkanes of at least 4 members (excludes halogenated alkanes) is 1. The molecule has 8 aromatic carbocycles. The van der Waals surface area contributed by atoms with Gasteiger partial charge in [0.2, 0.25) is 0 Å². The second-order valence-corrected chi connectivity index (χ2v) is 30.2. The quantitative estimate of drug-likeness (QED) is 0.0107. The number of carboxylic acid groups (broad SMARTS) is 1. The van der Waals surface area contributed by atoms with Crippen LogP contribution in [0.4, 0.5) is 45.5 Å². The van der Waals surface area contributed by atoms with E-state index in [0.29, 0.717) is 146 Å². The molecular formula is C86H104Cl9N5O17. The Balaban J connectivity index is 0.000000386. The summed E-state index contributed by atoms with van der Waals surface area (Å²) >= 11 is 49.4. The van der Waals surface area contributed by atoms with E-state index in [1.807, 2.05) is 120 Å². The van der Waals surface area contributed by atoms with Gasteiger partial charge in [0.15, 0.2) is 0 Å². The van der Waals surface area contributed by atoms with E-state index >= 15 is 0 Å². The number of aliphatic carboxylic acids is 1. The Hall–Kier alpha value is -7.85. The number of aliphatic hydroxyl groups is 1. The molecule has 0 atom stereocenters. The van der Waals surface area contributed by atoms with Gasteiger partial charge >= 0.3 is 35.8 Å². The third-order valence-electron chi connectivity index (χ3n) is 15.1. The second kappa shape index (κ2) is 58.1. The van der Waals surface area contributed by atoms with E-state index in [0.717, 1.165) is 46.6 Å². The number of benzene rings is 8. The van der Waals surface area contributed by atoms with Crippen LogP contribution >= 0.6 is 105 Å². The van der Waals surface area contributed by atoms with Gasteiger partial charge < -0.3 is 79.8 Å². The molecular weight excluding hydrogens is 1690 g/mol. The fourth-order valence-electron chi connectivity index (χ4n) is 9.84. The minimum absolute atomic E-state index is 0. The highest BCUT2D eigenvalue weighted by Crippen LogP contribution is 2.38. The predicted octanol–water partition coefficient (Wildman–Crippen LogP) is 21.3. The van der Waals surface area contributed by atoms with Crippen molar-refractivity contribution >= 4 is 187 Å². The van der Waals surface area contributed by atoms with E-state index in [9.17, 15) is 28.8 Å². The van der Waals surface area contributed by atoms with E-state index in [-0.39, 0.29) is 107 Å². The molecule has 0 fully saturated rings. The first-order chi connectivity index (χ1) is 55.4. The highest BCUT2D eigenvalue weighted by Gasteiger charge is 2.20. The molecule has 0 bridgehead atoms. The van der Waals surface area contributed by atoms with Crippen LogP contribution in [0.1, 0.15) is 109 Å². The van der Waals surface area contributed by atoms with Crippen LogP contribution in [0.25, 0.3) is 0 Å². The molecule has 8 aromatic rings. The number of para-hydroxylation sites is 8. The van der Waals surface area contributed by atoms with Gasteiger partial charge in [-0.1, -0.05) is 203 Å². The van der Waals surface area contributed by atoms with Gasteiger partial charge in [0, 0.05) is 62.0 Å². The Morgan fingerprint density at radius 3 is 0.855 bits per heavy atom. The summed E-state index contributed by atoms with van der Waals surface area (Å²) in [5.74, 6) is -2.36. The summed E-state index contributed by atoms with van der Waals surface area (Å²) in [5, 5.41) is 33.9. The van der Waals surface area contributed by atoms with Crippen LogP contribution in [-0.2, 0) is 97.1 Å². The van der Waals surface area contributed by atoms with Crippen LogP contribution in [0, 0.1) is 0 Å². The van der Waals surface area contributed by atoms with Crippen LogP contribution in [-0.4, -0.2) is 143 Å². The lowest BCUT2D eigenvalue weighted by atomic mass is 10.1. The van der Waals surface area contributed by atoms with Crippen LogP contribution < -0.4 is 27.0 Å². The summed E-state index contributed by atoms with van der Waals surface area (Å²) < 4.78 is 47.0. The number of carbonyl (C=O) groups is 6. The van der Waals surface area contributed by atoms with Gasteiger partial charge in [-0.25, -0.2) is 0 Å². The third kappa shape index (κ3) is 44.1. The van der Waals surface area contributed by atoms with Gasteiger partial charge in [-0.05, 0) is 156 Å². The Morgan fingerprint density at radius 2 is 0.598 bits per heavy atom. The van der Waals surface area contributed by atoms with Gasteiger partial charge in [0.25, 0.3) is 0 Å². The summed E-state index contributed by atoms with van der Waals surface area (Å²) in [6, 6.07) is 50.4. The number of hydrogen-bond acceptors (Lipinski definition) is 21. The van der Waals surface area contributed by atoms with Crippen LogP contribution in [0.15, 0.2) is 170 Å². The van der Waals surface area contributed by atoms with Crippen LogP contribution in [0.2, 0.25) is 40.2 Å². The first-order valence-electron chi connectivity index (χ1n) is 37.3. The predicted molar refractivity (Wildman–Crippen MR) is 472 cm³/mol. The molecule has 638 valence electrons. The monoisotopic (exact) mass is 1790 g/mol. The Labute approximate surface area is 731 Å². The smallest absolute Gasteiger partial charge is 0.310 e. The second-order valence-electron chi connectivity index (χ2n) is 27.0. The molecule has 0 spiro atoms. The van der Waals surface area contributed by atoms with Gasteiger partial charge in [-0.3, -0.25) is 28.8 Å². The van der Waals surface area contributed by atoms with E-state index in [4.69, 9.17) is 151 Å². The lowest BCUT2D eigenvalue weighted by molar-refractivity contribution is -0.156. The van der Waals surface area contributed by atoms with E-state index in [1.165, 1.54) is 0 Å². The van der Waals surface area contributed by atoms with Crippen molar-refractivity contribution < 1.29 is 81.6 Å². The lowest BCUT2D eigenvalue weighted by Gasteiger charge is -2.19. The van der Waals surface area contributed by atoms with Crippen LogP contribution in [0.3, 0.4) is 0 Å². The number of nitrogens with one attached hydrogen (secondary N) is 4. The van der Waals surface area contributed by atoms with Crippen molar-refractivity contribution in [3.05, 3.63) is 232 Å². The average molecular weight is 1800 g/mol. The molecule has 0 heterocycles. The Bertz CT molecular complexity index is 4240. The van der Waals surface area contributed by atoms with Crippen LogP contribution in [0.5, 0.6) is 0 Å². The molecule has 0 saturated heterocycles. The van der Waals surface area contributed by atoms with E-state index in [1.54, 1.807) is 91.0 Å². The number of anilines is 8. The minimum atomic E-state index is -0.889. The molecule has 8 rings (SSSR count). The number of hydrogen-bond donors (Lipinski definition) is 7. The van der Waals surface area contributed by atoms with Crippen molar-refractivity contribution in [2.24, 2.45) is 5.73 Å². The molecule has 117 heavy (non-hydrogen) atoms. The van der Waals surface area contributed by atoms with Crippen molar-refractivity contribution in [1.82, 2.24) is 0 Å². The third-order valence-corrected chi connectivity index (χ3v) is 17.6. The first kappa shape index (κ1) is 103. The molecule has 0 radical (unpaired) electrons. The number of ether oxygens (including phenoxy) is 9. The molecule has 0 aliphatic rings. The number of esters is 5. The maximum absolute atomic E-state index is 12.2. The fourth-order valence-corrected chi connectivity index (χ4v) is 11.8. The van der Waals surface area contributed by atoms with Gasteiger partial charge in [0.05, 0.1) is 128 Å². The van der Waals surface area contributed by atoms with E-state index < -0.39 is 17.2 Å². The zero-order chi connectivity index (χ0) is 85.3. The molecule has 0 aromatic heterocycles. The number of carboxylic acids is 1. The molecule has 0 aliphatic heterocycles. The van der Waals surface area contributed by atoms with E-state index in [2.05, 4.69) is 28.2 Å². The minimum Gasteiger partial charge on any atom is -0.481 e. The van der Waals surface area contributed by atoms with Gasteiger partial charge in [-0.15, -0.1) is 12.4 Å². The topological polar surface area (TPSA) is 300 Å². The zero-order valence-electron chi connectivity index (χ0n) is 66.5. The molecule has 22 nitrogen and oxygen atoms in total. The maximum atomic E-state index is 12.2. The number of rotatable bonds is 40. The largest absolute Gasteiger partial charge is 0.481 e. The summed E-state index contributed by atoms with van der Waals surface area (Å²) in [6.07, 6.45) is 4.23. The number of nitrogens with two attached hydrogens (primary N) is 1. The first-order valence-corrected chi connectivity index (χ1v) is 40.3. The van der Waals surface area contributed by atoms with Crippen molar-refractivity contribution in [1.29, 1.82) is 0 Å². The zero-order valence-corrected chi connectivity index (χ0v) is 73.3. The SMILES string of the molecule is CC(C)(C)OC(=O)CCCOCCO.CC(C)(C)OC(=O)CCCOCCOC(=O)Cc1ccccc1Nc1c(Cl)cccc1Cl.CCCCOCCOC(=O)Cc1ccccc1Nc1c(Cl)cccc1Cl.Cl.NCCOCCOC(=O)Cc1ccccc1Nc1c(Cl)cccc1Cl.O=C(O)Cc1ccccc1Nc1c(Cl)cccc1Cl. The fraction of sp³-hybridized carbons (Fsp3) is 0.372. The lowest BCUT2D eigenvalue weighted by Crippen LogP contribution is -2.23. The molecule has 8 N–H and O–H groups in total. The van der Waals surface area contributed by atoms with Gasteiger partial charge in [0.1, 0.15) is 31.0 Å². The highest BCUT2D eigenvalue weighted by atomic mass is 35.5. The molecule has 0 unspecified atom stereocenters. The van der Waals surface area contributed by atoms with Crippen molar-refractivity contribution in [2.75, 3.05) is 107 Å². The van der Waals surface area contributed by atoms with Crippen molar-refractivity contribution in [2.45, 2.75) is 124 Å². The highest BCUT2D eigenvalue weighted by molar-refractivity contribution is 6.41. The van der Waals surface area contributed by atoms with Crippen molar-refractivity contribution in [3.63, 3.8) is 0 Å². The Morgan fingerprint density at radius 1 is 0.342 bits per heavy atom. The summed E-state index contributed by atoms with van der Waals surface area (Å²) in [5.41, 5.74) is 12.7. The maximum Gasteiger partial charge on any atom is 0.310 e. The molecule has 0 amide bonds. The number of carbonyl (C=O) groups excluding carboxylic acids is 5. The summed E-state index contributed by atoms with van der Waals surface area (Å²) in [6.45, 7) is 17.5. The molecule has 31 heteroatoms. The standard InChI is InChI=1S/C24H29Cl2NO5.C20H23Cl2NO3.C18H20Cl2N2O3.C14H11Cl2NO2.C10H20O4.ClH/c1-24(2,3)32-21(28)12-7-13-30-14-15-31-22(29)16-17-8-4-5-11-20(17)27-23-18(25)9-6-10-19(23)26;1-2-3-11-25-12-13-26-19(24)14-15-7-4-5-10-18(15)23-20-16(21)8-6-9-17(20)22;19-14-5-3-6-15(20)18(14)22-16-7-2-1-4-13(16)12-17(23)25-11-10-24-9-8-21;15-10-5-3-6-11(16)14(10)17-12-7-2-1-4-9(12)8-13(18)19;1-10(2,3)14-9(12)5-4-7-13-8-6-11;/h4-6,8-11,27H,7,12-16H2,1-3H3;4-10,23H,2-3,11-14H2,1H3;1-7,22H,8-12,21H2;1-7,17H,8H2,(H,18,19);11H,4-8H2,1-3H3;1H. The molecule has 0 aliphatic carbocycles. The van der Waals surface area contributed by atoms with Crippen molar-refractivity contribution in [3.8, 4) is 0 Å². The normalized spacial score (nSPS) is 10.7. The number of aliphatic hydroxyl groups excluding tert-OH is 1. The summed E-state index contributed by atoms with van der Waals surface area (Å²) in [7, 11) is 0.